The molecule has 1 aliphatic heterocycles. The minimum Gasteiger partial charge on any atom is -0.369 e. The third-order valence-corrected chi connectivity index (χ3v) is 6.59. The number of nitrogens with zero attached hydrogens (tertiary/aromatic N) is 4. The van der Waals surface area contributed by atoms with E-state index in [1.54, 1.807) is 6.92 Å². The van der Waals surface area contributed by atoms with Crippen LogP contribution in [-0.2, 0) is 6.42 Å². The first-order chi connectivity index (χ1) is 13.3. The second-order valence-electron chi connectivity index (χ2n) is 7.40. The maximum atomic E-state index is 13.6. The van der Waals surface area contributed by atoms with Crippen molar-refractivity contribution >= 4 is 33.8 Å². The number of halogens is 1. The fourth-order valence-electron chi connectivity index (χ4n) is 3.48. The molecule has 8 heteroatoms. The van der Waals surface area contributed by atoms with E-state index in [2.05, 4.69) is 36.2 Å². The van der Waals surface area contributed by atoms with Crippen molar-refractivity contribution in [1.82, 2.24) is 14.9 Å². The van der Waals surface area contributed by atoms with Crippen molar-refractivity contribution in [3.63, 3.8) is 0 Å². The Morgan fingerprint density at radius 2 is 2.04 bits per heavy atom. The average molecular weight is 407 g/mol. The van der Waals surface area contributed by atoms with Crippen LogP contribution in [0.15, 0.2) is 12.1 Å². The van der Waals surface area contributed by atoms with E-state index in [4.69, 9.17) is 10.5 Å². The molecule has 0 aromatic carbocycles. The smallest absolute Gasteiger partial charge is 0.161 e. The summed E-state index contributed by atoms with van der Waals surface area (Å²) in [5, 5.41) is 16.8. The van der Waals surface area contributed by atoms with Gasteiger partial charge >= 0.3 is 0 Å². The summed E-state index contributed by atoms with van der Waals surface area (Å²) in [5.74, 6) is 0. The lowest BCUT2D eigenvalue weighted by Crippen LogP contribution is -2.43. The number of aryl methyl sites for hydroxylation is 2. The number of amidine groups is 1. The Morgan fingerprint density at radius 3 is 2.64 bits per heavy atom. The number of piperazine rings is 1. The molecule has 28 heavy (non-hydrogen) atoms. The molecule has 1 aliphatic rings. The van der Waals surface area contributed by atoms with E-state index in [1.165, 1.54) is 17.4 Å². The van der Waals surface area contributed by atoms with Gasteiger partial charge in [0.15, 0.2) is 5.17 Å². The zero-order valence-corrected chi connectivity index (χ0v) is 18.2. The van der Waals surface area contributed by atoms with Crippen LogP contribution in [0.5, 0.6) is 0 Å². The summed E-state index contributed by atoms with van der Waals surface area (Å²) in [6, 6.07) is 4.36. The molecule has 2 aromatic heterocycles. The number of nitrogens with one attached hydrogen (secondary N) is 2. The molecule has 0 aliphatic carbocycles. The lowest BCUT2D eigenvalue weighted by atomic mass is 10.2. The van der Waals surface area contributed by atoms with E-state index in [-0.39, 0.29) is 5.25 Å². The molecule has 2 N–H and O–H groups in total. The molecule has 1 saturated heterocycles. The van der Waals surface area contributed by atoms with E-state index < -0.39 is 6.17 Å². The summed E-state index contributed by atoms with van der Waals surface area (Å²) in [5.41, 5.74) is 5.16. The van der Waals surface area contributed by atoms with Crippen molar-refractivity contribution in [3.05, 3.63) is 23.5 Å². The quantitative estimate of drug-likeness (QED) is 0.588. The predicted octanol–water partition coefficient (Wildman–Crippen LogP) is 3.47. The Morgan fingerprint density at radius 1 is 1.36 bits per heavy atom. The number of anilines is 2. The normalized spacial score (nSPS) is 17.0. The summed E-state index contributed by atoms with van der Waals surface area (Å²) in [4.78, 5) is 4.24. The zero-order valence-electron chi connectivity index (χ0n) is 17.4. The van der Waals surface area contributed by atoms with Gasteiger partial charge in [-0.05, 0) is 32.4 Å². The van der Waals surface area contributed by atoms with Gasteiger partial charge in [-0.2, -0.15) is 5.10 Å². The maximum absolute atomic E-state index is 13.6. The highest BCUT2D eigenvalue weighted by atomic mass is 32.2. The van der Waals surface area contributed by atoms with Crippen molar-refractivity contribution in [2.45, 2.75) is 45.5 Å². The number of rotatable bonds is 5. The van der Waals surface area contributed by atoms with Gasteiger partial charge in [0.05, 0.1) is 16.9 Å². The van der Waals surface area contributed by atoms with E-state index in [0.29, 0.717) is 5.17 Å². The van der Waals surface area contributed by atoms with Gasteiger partial charge in [-0.15, -0.1) is 0 Å². The number of fused-ring (bicyclic) bond motifs is 1. The molecule has 0 spiro atoms. The van der Waals surface area contributed by atoms with Gasteiger partial charge in [-0.1, -0.05) is 25.6 Å². The molecule has 1 unspecified atom stereocenters. The summed E-state index contributed by atoms with van der Waals surface area (Å²) in [7, 11) is 1.88. The summed E-state index contributed by atoms with van der Waals surface area (Å²) >= 11 is 1.26. The van der Waals surface area contributed by atoms with Crippen LogP contribution in [0.2, 0.25) is 0 Å². The highest BCUT2D eigenvalue weighted by molar-refractivity contribution is 8.14. The summed E-state index contributed by atoms with van der Waals surface area (Å²) in [6.07, 6.45) is -0.189. The van der Waals surface area contributed by atoms with Crippen molar-refractivity contribution in [3.8, 4) is 0 Å². The number of thioether (sulfide) groups is 1. The Bertz CT molecular complexity index is 843. The van der Waals surface area contributed by atoms with Crippen LogP contribution < -0.4 is 15.1 Å². The average Bonchev–Trinajstić information content (AvgIpc) is 3.07. The molecule has 0 saturated carbocycles. The van der Waals surface area contributed by atoms with E-state index in [1.807, 2.05) is 23.4 Å². The molecule has 1 fully saturated rings. The number of aromatic nitrogens is 2. The molecule has 2 aromatic rings. The van der Waals surface area contributed by atoms with Crippen LogP contribution in [0.1, 0.15) is 32.2 Å². The topological polar surface area (TPSA) is 59.7 Å². The third kappa shape index (κ3) is 4.12. The van der Waals surface area contributed by atoms with Gasteiger partial charge in [0.25, 0.3) is 0 Å². The van der Waals surface area contributed by atoms with E-state index in [0.717, 1.165) is 55.2 Å². The second kappa shape index (κ2) is 8.69. The van der Waals surface area contributed by atoms with Crippen LogP contribution in [0.25, 0.3) is 5.52 Å². The SMILES string of the molecule is CCc1nn2c(C)cc(N3CCNCC3)cc2c1N(C)C(=N)S[C@H](C)C(C)F. The van der Waals surface area contributed by atoms with Crippen LogP contribution in [0.3, 0.4) is 0 Å². The predicted molar refractivity (Wildman–Crippen MR) is 118 cm³/mol. The molecular weight excluding hydrogens is 375 g/mol. The monoisotopic (exact) mass is 406 g/mol. The molecule has 0 bridgehead atoms. The summed E-state index contributed by atoms with van der Waals surface area (Å²) < 4.78 is 15.6. The van der Waals surface area contributed by atoms with Crippen LogP contribution in [0.4, 0.5) is 15.8 Å². The molecule has 0 radical (unpaired) electrons. The van der Waals surface area contributed by atoms with Gasteiger partial charge in [-0.25, -0.2) is 8.91 Å². The molecule has 154 valence electrons. The summed E-state index contributed by atoms with van der Waals surface area (Å²) in [6.45, 7) is 11.4. The maximum Gasteiger partial charge on any atom is 0.161 e. The molecule has 6 nitrogen and oxygen atoms in total. The van der Waals surface area contributed by atoms with Crippen molar-refractivity contribution < 1.29 is 4.39 Å². The number of pyridine rings is 1. The third-order valence-electron chi connectivity index (χ3n) is 5.34. The first-order valence-corrected chi connectivity index (χ1v) is 10.8. The largest absolute Gasteiger partial charge is 0.369 e. The first kappa shape index (κ1) is 20.9. The second-order valence-corrected chi connectivity index (χ2v) is 8.77. The fourth-order valence-corrected chi connectivity index (χ4v) is 4.27. The van der Waals surface area contributed by atoms with Crippen LogP contribution in [0, 0.1) is 12.3 Å². The van der Waals surface area contributed by atoms with Gasteiger partial charge < -0.3 is 15.1 Å². The molecule has 3 rings (SSSR count). The van der Waals surface area contributed by atoms with Crippen LogP contribution in [-0.4, -0.2) is 59.4 Å². The number of alkyl halides is 1. The van der Waals surface area contributed by atoms with Gasteiger partial charge in [0, 0.05) is 49.9 Å². The number of hydrogen-bond acceptors (Lipinski definition) is 5. The van der Waals surface area contributed by atoms with Crippen LogP contribution >= 0.6 is 11.8 Å². The highest BCUT2D eigenvalue weighted by Gasteiger charge is 2.23. The fraction of sp³-hybridized carbons (Fsp3) is 0.600. The Hall–Kier alpha value is -1.80. The highest BCUT2D eigenvalue weighted by Crippen LogP contribution is 2.33. The zero-order chi connectivity index (χ0) is 20.4. The van der Waals surface area contributed by atoms with Gasteiger partial charge in [-0.3, -0.25) is 5.41 Å². The van der Waals surface area contributed by atoms with E-state index in [9.17, 15) is 4.39 Å². The lowest BCUT2D eigenvalue weighted by molar-refractivity contribution is 0.361. The molecule has 3 heterocycles. The van der Waals surface area contributed by atoms with Crippen molar-refractivity contribution in [2.24, 2.45) is 0 Å². The molecule has 2 atom stereocenters. The van der Waals surface area contributed by atoms with Gasteiger partial charge in [0.1, 0.15) is 6.17 Å². The van der Waals surface area contributed by atoms with Crippen molar-refractivity contribution in [2.75, 3.05) is 43.0 Å². The van der Waals surface area contributed by atoms with Crippen molar-refractivity contribution in [1.29, 1.82) is 5.41 Å². The Balaban J connectivity index is 2.02. The molecular formula is C20H31FN6S. The molecule has 0 amide bonds. The number of hydrogen-bond donors (Lipinski definition) is 2. The standard InChI is InChI=1S/C20H31FN6S/c1-6-17-19(25(5)20(22)28-15(4)14(3)21)18-12-16(11-13(2)27(18)24-17)26-9-7-23-8-10-26/h11-12,14-15,22-23H,6-10H2,1-5H3/t14?,15-/m1/s1. The Kier molecular flexibility index (Phi) is 6.50. The van der Waals surface area contributed by atoms with E-state index >= 15 is 0 Å². The minimum atomic E-state index is -0.963. The lowest BCUT2D eigenvalue weighted by Gasteiger charge is -2.30. The Labute approximate surface area is 171 Å². The first-order valence-electron chi connectivity index (χ1n) is 9.94. The minimum absolute atomic E-state index is 0.264. The van der Waals surface area contributed by atoms with Gasteiger partial charge in [0.2, 0.25) is 0 Å².